The lowest BCUT2D eigenvalue weighted by Gasteiger charge is -2.29. The molecule has 28 heavy (non-hydrogen) atoms. The molecule has 1 saturated heterocycles. The number of aromatic nitrogens is 5. The third-order valence-electron chi connectivity index (χ3n) is 4.82. The van der Waals surface area contributed by atoms with Crippen LogP contribution in [0.2, 0.25) is 0 Å². The van der Waals surface area contributed by atoms with Gasteiger partial charge in [0.25, 0.3) is 0 Å². The average Bonchev–Trinajstić information content (AvgIpc) is 3.11. The standard InChI is InChI=1S/C20H26N6O2/c1-20(2,3)19-21-17(25-9-11-28-12-10-25)16-18(22-19)26(24-23-16)13-14-5-7-15(27-4)8-6-14/h5-8H,9-13H2,1-4H3. The maximum atomic E-state index is 5.50. The van der Waals surface area contributed by atoms with E-state index >= 15 is 0 Å². The van der Waals surface area contributed by atoms with Crippen molar-refractivity contribution in [3.8, 4) is 5.75 Å². The molecule has 0 N–H and O–H groups in total. The van der Waals surface area contributed by atoms with Gasteiger partial charge in [-0.15, -0.1) is 5.10 Å². The molecule has 4 rings (SSSR count). The Kier molecular flexibility index (Phi) is 4.89. The summed E-state index contributed by atoms with van der Waals surface area (Å²) in [7, 11) is 1.66. The zero-order valence-electron chi connectivity index (χ0n) is 16.8. The molecule has 148 valence electrons. The summed E-state index contributed by atoms with van der Waals surface area (Å²) in [6.45, 7) is 9.91. The van der Waals surface area contributed by atoms with Gasteiger partial charge in [0, 0.05) is 18.5 Å². The number of nitrogens with zero attached hydrogens (tertiary/aromatic N) is 6. The summed E-state index contributed by atoms with van der Waals surface area (Å²) >= 11 is 0. The van der Waals surface area contributed by atoms with Crippen molar-refractivity contribution in [3.63, 3.8) is 0 Å². The van der Waals surface area contributed by atoms with Crippen LogP contribution < -0.4 is 9.64 Å². The van der Waals surface area contributed by atoms with Crippen molar-refractivity contribution in [2.24, 2.45) is 0 Å². The van der Waals surface area contributed by atoms with Crippen LogP contribution >= 0.6 is 0 Å². The first-order chi connectivity index (χ1) is 13.5. The van der Waals surface area contributed by atoms with E-state index in [0.29, 0.717) is 19.8 Å². The Morgan fingerprint density at radius 3 is 2.43 bits per heavy atom. The molecule has 1 aliphatic heterocycles. The Balaban J connectivity index is 1.77. The molecular formula is C20H26N6O2. The topological polar surface area (TPSA) is 78.2 Å². The molecule has 0 bridgehead atoms. The Morgan fingerprint density at radius 1 is 1.07 bits per heavy atom. The summed E-state index contributed by atoms with van der Waals surface area (Å²) < 4.78 is 12.6. The molecule has 1 aromatic carbocycles. The Labute approximate surface area is 164 Å². The lowest BCUT2D eigenvalue weighted by Crippen LogP contribution is -2.37. The van der Waals surface area contributed by atoms with Gasteiger partial charge in [-0.2, -0.15) is 0 Å². The molecule has 3 heterocycles. The van der Waals surface area contributed by atoms with E-state index in [4.69, 9.17) is 19.4 Å². The van der Waals surface area contributed by atoms with E-state index in [9.17, 15) is 0 Å². The molecule has 1 aliphatic rings. The zero-order valence-corrected chi connectivity index (χ0v) is 16.8. The van der Waals surface area contributed by atoms with E-state index < -0.39 is 0 Å². The lowest BCUT2D eigenvalue weighted by atomic mass is 9.95. The molecule has 2 aromatic heterocycles. The Bertz CT molecular complexity index is 955. The van der Waals surface area contributed by atoms with Crippen molar-refractivity contribution < 1.29 is 9.47 Å². The van der Waals surface area contributed by atoms with Crippen LogP contribution in [-0.4, -0.2) is 58.4 Å². The van der Waals surface area contributed by atoms with Crippen LogP contribution in [0.5, 0.6) is 5.75 Å². The second kappa shape index (κ2) is 7.35. The molecule has 1 fully saturated rings. The second-order valence-corrected chi connectivity index (χ2v) is 7.99. The maximum Gasteiger partial charge on any atom is 0.184 e. The number of hydrogen-bond acceptors (Lipinski definition) is 7. The molecule has 8 nitrogen and oxygen atoms in total. The number of benzene rings is 1. The fraction of sp³-hybridized carbons (Fsp3) is 0.500. The summed E-state index contributed by atoms with van der Waals surface area (Å²) in [4.78, 5) is 11.9. The van der Waals surface area contributed by atoms with Gasteiger partial charge < -0.3 is 14.4 Å². The smallest absolute Gasteiger partial charge is 0.184 e. The van der Waals surface area contributed by atoms with Crippen LogP contribution in [0, 0.1) is 0 Å². The summed E-state index contributed by atoms with van der Waals surface area (Å²) in [6.07, 6.45) is 0. The predicted octanol–water partition coefficient (Wildman–Crippen LogP) is 2.41. The summed E-state index contributed by atoms with van der Waals surface area (Å²) in [5.74, 6) is 2.47. The van der Waals surface area contributed by atoms with Crippen LogP contribution in [0.15, 0.2) is 24.3 Å². The van der Waals surface area contributed by atoms with Gasteiger partial charge in [-0.25, -0.2) is 14.6 Å². The van der Waals surface area contributed by atoms with Gasteiger partial charge in [-0.05, 0) is 17.7 Å². The number of ether oxygens (including phenoxy) is 2. The van der Waals surface area contributed by atoms with E-state index in [2.05, 4.69) is 36.0 Å². The minimum atomic E-state index is -0.176. The highest BCUT2D eigenvalue weighted by atomic mass is 16.5. The van der Waals surface area contributed by atoms with Crippen LogP contribution in [-0.2, 0) is 16.7 Å². The summed E-state index contributed by atoms with van der Waals surface area (Å²) in [5.41, 5.74) is 2.43. The quantitative estimate of drug-likeness (QED) is 0.686. The largest absolute Gasteiger partial charge is 0.497 e. The third-order valence-corrected chi connectivity index (χ3v) is 4.82. The van der Waals surface area contributed by atoms with Crippen molar-refractivity contribution in [2.75, 3.05) is 38.3 Å². The fourth-order valence-electron chi connectivity index (χ4n) is 3.18. The van der Waals surface area contributed by atoms with Crippen LogP contribution in [0.25, 0.3) is 11.2 Å². The number of methoxy groups -OCH3 is 1. The minimum absolute atomic E-state index is 0.176. The Morgan fingerprint density at radius 2 is 1.79 bits per heavy atom. The van der Waals surface area contributed by atoms with Gasteiger partial charge in [-0.1, -0.05) is 38.1 Å². The van der Waals surface area contributed by atoms with Gasteiger partial charge in [0.15, 0.2) is 17.0 Å². The van der Waals surface area contributed by atoms with Crippen molar-refractivity contribution in [1.82, 2.24) is 25.0 Å². The number of fused-ring (bicyclic) bond motifs is 1. The highest BCUT2D eigenvalue weighted by Crippen LogP contribution is 2.28. The highest BCUT2D eigenvalue weighted by molar-refractivity contribution is 5.83. The van der Waals surface area contributed by atoms with Crippen molar-refractivity contribution in [3.05, 3.63) is 35.7 Å². The van der Waals surface area contributed by atoms with Crippen LogP contribution in [0.3, 0.4) is 0 Å². The summed E-state index contributed by atoms with van der Waals surface area (Å²) in [6, 6.07) is 7.95. The molecule has 0 spiro atoms. The molecule has 0 aliphatic carbocycles. The number of morpholine rings is 1. The van der Waals surface area contributed by atoms with E-state index in [1.54, 1.807) is 7.11 Å². The SMILES string of the molecule is COc1ccc(Cn2nnc3c(N4CCOCC4)nc(C(C)(C)C)nc32)cc1. The molecule has 0 radical (unpaired) electrons. The van der Waals surface area contributed by atoms with Gasteiger partial charge in [-0.3, -0.25) is 0 Å². The first kappa shape index (κ1) is 18.6. The van der Waals surface area contributed by atoms with Crippen LogP contribution in [0.1, 0.15) is 32.2 Å². The van der Waals surface area contributed by atoms with E-state index in [1.165, 1.54) is 0 Å². The van der Waals surface area contributed by atoms with Crippen molar-refractivity contribution >= 4 is 17.0 Å². The molecule has 3 aromatic rings. The van der Waals surface area contributed by atoms with Crippen molar-refractivity contribution in [2.45, 2.75) is 32.7 Å². The fourth-order valence-corrected chi connectivity index (χ4v) is 3.18. The van der Waals surface area contributed by atoms with Gasteiger partial charge >= 0.3 is 0 Å². The van der Waals surface area contributed by atoms with E-state index in [-0.39, 0.29) is 5.41 Å². The minimum Gasteiger partial charge on any atom is -0.497 e. The molecule has 0 unspecified atom stereocenters. The Hall–Kier alpha value is -2.74. The molecule has 0 saturated carbocycles. The van der Waals surface area contributed by atoms with Crippen LogP contribution in [0.4, 0.5) is 5.82 Å². The number of hydrogen-bond donors (Lipinski definition) is 0. The average molecular weight is 382 g/mol. The lowest BCUT2D eigenvalue weighted by molar-refractivity contribution is 0.122. The van der Waals surface area contributed by atoms with E-state index in [1.807, 2.05) is 28.9 Å². The van der Waals surface area contributed by atoms with Gasteiger partial charge in [0.2, 0.25) is 0 Å². The molecule has 0 amide bonds. The van der Waals surface area contributed by atoms with Crippen molar-refractivity contribution in [1.29, 1.82) is 0 Å². The van der Waals surface area contributed by atoms with Gasteiger partial charge in [0.1, 0.15) is 11.6 Å². The predicted molar refractivity (Wildman–Crippen MR) is 107 cm³/mol. The normalized spacial score (nSPS) is 15.2. The molecular weight excluding hydrogens is 356 g/mol. The first-order valence-corrected chi connectivity index (χ1v) is 9.53. The monoisotopic (exact) mass is 382 g/mol. The highest BCUT2D eigenvalue weighted by Gasteiger charge is 2.26. The summed E-state index contributed by atoms with van der Waals surface area (Å²) in [5, 5.41) is 8.81. The second-order valence-electron chi connectivity index (χ2n) is 7.99. The molecule has 8 heteroatoms. The maximum absolute atomic E-state index is 5.50. The zero-order chi connectivity index (χ0) is 19.7. The third kappa shape index (κ3) is 3.64. The number of anilines is 1. The van der Waals surface area contributed by atoms with E-state index in [0.717, 1.165) is 47.2 Å². The first-order valence-electron chi connectivity index (χ1n) is 9.53. The van der Waals surface area contributed by atoms with Gasteiger partial charge in [0.05, 0.1) is 26.9 Å². The molecule has 0 atom stereocenters. The number of rotatable bonds is 4.